The van der Waals surface area contributed by atoms with Crippen LogP contribution < -0.4 is 4.74 Å². The van der Waals surface area contributed by atoms with Gasteiger partial charge in [-0.05, 0) is 61.2 Å². The highest BCUT2D eigenvalue weighted by atomic mass is 19.4. The summed E-state index contributed by atoms with van der Waals surface area (Å²) < 4.78 is 48.2. The van der Waals surface area contributed by atoms with Crippen molar-refractivity contribution in [3.8, 4) is 11.4 Å². The van der Waals surface area contributed by atoms with Crippen molar-refractivity contribution in [3.63, 3.8) is 0 Å². The molecule has 180 valence electrons. The highest BCUT2D eigenvalue weighted by Crippen LogP contribution is 2.35. The van der Waals surface area contributed by atoms with E-state index in [4.69, 9.17) is 9.72 Å². The summed E-state index contributed by atoms with van der Waals surface area (Å²) >= 11 is 0. The van der Waals surface area contributed by atoms with Crippen molar-refractivity contribution >= 4 is 12.2 Å². The second kappa shape index (κ2) is 9.05. The number of halogens is 3. The molecule has 0 bridgehead atoms. The van der Waals surface area contributed by atoms with Gasteiger partial charge >= 0.3 is 6.18 Å². The first-order chi connectivity index (χ1) is 16.8. The summed E-state index contributed by atoms with van der Waals surface area (Å²) in [6.07, 6.45) is 4.79. The van der Waals surface area contributed by atoms with Crippen molar-refractivity contribution in [1.82, 2.24) is 24.3 Å². The van der Waals surface area contributed by atoms with E-state index in [0.29, 0.717) is 11.6 Å². The Morgan fingerprint density at radius 3 is 2.57 bits per heavy atom. The third-order valence-corrected chi connectivity index (χ3v) is 6.15. The van der Waals surface area contributed by atoms with Crippen LogP contribution in [0.25, 0.3) is 17.8 Å². The average Bonchev–Trinajstić information content (AvgIpc) is 3.47. The van der Waals surface area contributed by atoms with Crippen LogP contribution in [0.15, 0.2) is 55.0 Å². The number of methoxy groups -OCH3 is 1. The van der Waals surface area contributed by atoms with Crippen LogP contribution in [0.4, 0.5) is 13.2 Å². The molecular formula is C26H24F3N5O. The number of hydrogen-bond donors (Lipinski definition) is 0. The molecule has 3 heterocycles. The summed E-state index contributed by atoms with van der Waals surface area (Å²) in [5.41, 5.74) is 2.90. The molecule has 0 unspecified atom stereocenters. The largest absolute Gasteiger partial charge is 0.495 e. The molecule has 0 N–H and O–H groups in total. The van der Waals surface area contributed by atoms with Crippen molar-refractivity contribution in [2.45, 2.75) is 38.4 Å². The van der Waals surface area contributed by atoms with Gasteiger partial charge in [0.05, 0.1) is 30.4 Å². The van der Waals surface area contributed by atoms with Crippen LogP contribution in [0.3, 0.4) is 0 Å². The SMILES string of the molecule is COc1cc(/C=C/c2nc3n(n2)CCC[C@@H]3c2ccc(C(F)(F)F)cc2)ccc1-n1cnc(C)c1. The van der Waals surface area contributed by atoms with Crippen molar-refractivity contribution in [2.75, 3.05) is 7.11 Å². The highest BCUT2D eigenvalue weighted by Gasteiger charge is 2.31. The zero-order chi connectivity index (χ0) is 24.6. The van der Waals surface area contributed by atoms with E-state index < -0.39 is 11.7 Å². The minimum Gasteiger partial charge on any atom is -0.495 e. The van der Waals surface area contributed by atoms with E-state index >= 15 is 0 Å². The number of alkyl halides is 3. The minimum absolute atomic E-state index is 0.0845. The molecule has 0 amide bonds. The summed E-state index contributed by atoms with van der Waals surface area (Å²) in [5, 5.41) is 4.60. The Bertz CT molecular complexity index is 1370. The number of benzene rings is 2. The van der Waals surface area contributed by atoms with Gasteiger partial charge in [0, 0.05) is 18.7 Å². The standard InChI is InChI=1S/C26H24F3N5O/c1-17-15-33(16-30-17)22-11-5-18(14-23(22)35-2)6-12-24-31-25-21(4-3-13-34(25)32-24)19-7-9-20(10-8-19)26(27,28)29/h5-12,14-16,21H,3-4,13H2,1-2H3/b12-6+/t21-/m1/s1. The predicted molar refractivity (Wildman–Crippen MR) is 126 cm³/mol. The van der Waals surface area contributed by atoms with Crippen LogP contribution in [0, 0.1) is 6.92 Å². The van der Waals surface area contributed by atoms with Crippen LogP contribution in [-0.4, -0.2) is 31.4 Å². The summed E-state index contributed by atoms with van der Waals surface area (Å²) in [5.74, 6) is 1.97. The van der Waals surface area contributed by atoms with Gasteiger partial charge in [0.2, 0.25) is 0 Å². The molecule has 1 aliphatic heterocycles. The Kier molecular flexibility index (Phi) is 5.92. The third kappa shape index (κ3) is 4.71. The molecular weight excluding hydrogens is 455 g/mol. The lowest BCUT2D eigenvalue weighted by atomic mass is 9.90. The maximum Gasteiger partial charge on any atom is 0.416 e. The quantitative estimate of drug-likeness (QED) is 0.358. The number of rotatable bonds is 5. The summed E-state index contributed by atoms with van der Waals surface area (Å²) in [6.45, 7) is 2.67. The van der Waals surface area contributed by atoms with Gasteiger partial charge in [-0.2, -0.15) is 18.3 Å². The minimum atomic E-state index is -4.35. The second-order valence-corrected chi connectivity index (χ2v) is 8.55. The first-order valence-corrected chi connectivity index (χ1v) is 11.3. The zero-order valence-corrected chi connectivity index (χ0v) is 19.3. The molecule has 2 aromatic heterocycles. The maximum absolute atomic E-state index is 12.9. The molecule has 0 spiro atoms. The monoisotopic (exact) mass is 479 g/mol. The lowest BCUT2D eigenvalue weighted by Crippen LogP contribution is -2.18. The fourth-order valence-corrected chi connectivity index (χ4v) is 4.39. The normalized spacial score (nSPS) is 16.0. The molecule has 0 saturated heterocycles. The van der Waals surface area contributed by atoms with Crippen LogP contribution in [0.5, 0.6) is 5.75 Å². The summed E-state index contributed by atoms with van der Waals surface area (Å²) in [4.78, 5) is 8.97. The number of imidazole rings is 1. The lowest BCUT2D eigenvalue weighted by Gasteiger charge is -2.22. The Hall–Kier alpha value is -3.88. The predicted octanol–water partition coefficient (Wildman–Crippen LogP) is 5.90. The number of aromatic nitrogens is 5. The summed E-state index contributed by atoms with van der Waals surface area (Å²) in [7, 11) is 1.63. The van der Waals surface area contributed by atoms with Gasteiger partial charge < -0.3 is 9.30 Å². The first kappa shape index (κ1) is 22.9. The van der Waals surface area contributed by atoms with Gasteiger partial charge in [-0.15, -0.1) is 0 Å². The van der Waals surface area contributed by atoms with Crippen LogP contribution >= 0.6 is 0 Å². The van der Waals surface area contributed by atoms with Gasteiger partial charge in [-0.25, -0.2) is 14.6 Å². The Balaban J connectivity index is 1.38. The second-order valence-electron chi connectivity index (χ2n) is 8.55. The van der Waals surface area contributed by atoms with Crippen LogP contribution in [0.2, 0.25) is 0 Å². The molecule has 0 fully saturated rings. The number of hydrogen-bond acceptors (Lipinski definition) is 4. The van der Waals surface area contributed by atoms with E-state index in [9.17, 15) is 13.2 Å². The molecule has 0 saturated carbocycles. The third-order valence-electron chi connectivity index (χ3n) is 6.15. The van der Waals surface area contributed by atoms with E-state index in [1.807, 2.05) is 52.7 Å². The Labute approximate surface area is 200 Å². The molecule has 1 atom stereocenters. The molecule has 35 heavy (non-hydrogen) atoms. The van der Waals surface area contributed by atoms with Gasteiger partial charge in [0.1, 0.15) is 11.6 Å². The Morgan fingerprint density at radius 1 is 1.09 bits per heavy atom. The molecule has 5 rings (SSSR count). The molecule has 2 aromatic carbocycles. The van der Waals surface area contributed by atoms with Gasteiger partial charge in [0.25, 0.3) is 0 Å². The van der Waals surface area contributed by atoms with Crippen LogP contribution in [-0.2, 0) is 12.7 Å². The number of ether oxygens (including phenoxy) is 1. The van der Waals surface area contributed by atoms with E-state index in [0.717, 1.165) is 59.9 Å². The van der Waals surface area contributed by atoms with Crippen molar-refractivity contribution in [2.24, 2.45) is 0 Å². The zero-order valence-electron chi connectivity index (χ0n) is 19.3. The fraction of sp³-hybridized carbons (Fsp3) is 0.269. The van der Waals surface area contributed by atoms with Gasteiger partial charge in [-0.3, -0.25) is 0 Å². The molecule has 0 aliphatic carbocycles. The topological polar surface area (TPSA) is 57.8 Å². The number of aryl methyl sites for hydroxylation is 2. The first-order valence-electron chi connectivity index (χ1n) is 11.3. The van der Waals surface area contributed by atoms with E-state index in [1.54, 1.807) is 25.6 Å². The lowest BCUT2D eigenvalue weighted by molar-refractivity contribution is -0.137. The highest BCUT2D eigenvalue weighted by molar-refractivity contribution is 5.69. The smallest absolute Gasteiger partial charge is 0.416 e. The van der Waals surface area contributed by atoms with Crippen LogP contribution in [0.1, 0.15) is 52.8 Å². The number of fused-ring (bicyclic) bond motifs is 1. The fourth-order valence-electron chi connectivity index (χ4n) is 4.39. The average molecular weight is 480 g/mol. The number of nitrogens with zero attached hydrogens (tertiary/aromatic N) is 5. The van der Waals surface area contributed by atoms with Crippen molar-refractivity contribution < 1.29 is 17.9 Å². The van der Waals surface area contributed by atoms with Gasteiger partial charge in [0.15, 0.2) is 5.82 Å². The van der Waals surface area contributed by atoms with E-state index in [-0.39, 0.29) is 5.92 Å². The van der Waals surface area contributed by atoms with Crippen molar-refractivity contribution in [1.29, 1.82) is 0 Å². The van der Waals surface area contributed by atoms with Crippen molar-refractivity contribution in [3.05, 3.63) is 89.0 Å². The molecule has 4 aromatic rings. The van der Waals surface area contributed by atoms with E-state index in [2.05, 4.69) is 10.1 Å². The molecule has 1 aliphatic rings. The summed E-state index contributed by atoms with van der Waals surface area (Å²) in [6, 6.07) is 11.2. The molecule has 6 nitrogen and oxygen atoms in total. The van der Waals surface area contributed by atoms with E-state index in [1.165, 1.54) is 0 Å². The molecule has 9 heteroatoms. The maximum atomic E-state index is 12.9. The molecule has 0 radical (unpaired) electrons. The Morgan fingerprint density at radius 2 is 1.89 bits per heavy atom. The van der Waals surface area contributed by atoms with Gasteiger partial charge in [-0.1, -0.05) is 24.3 Å².